The molecule has 0 amide bonds. The first kappa shape index (κ1) is 14.1. The lowest BCUT2D eigenvalue weighted by molar-refractivity contribution is -0.777. The largest absolute Gasteiger partial charge is 0.691 e. The number of esters is 2. The number of cyclic esters (lactones) is 1. The van der Waals surface area contributed by atoms with Crippen molar-refractivity contribution in [3.8, 4) is 0 Å². The highest BCUT2D eigenvalue weighted by molar-refractivity contribution is 7.96. The monoisotopic (exact) mass is 273 g/mol. The second-order valence-corrected chi connectivity index (χ2v) is 3.80. The number of rotatable bonds is 6. The molecule has 98 valence electrons. The van der Waals surface area contributed by atoms with Crippen molar-refractivity contribution >= 4 is 24.0 Å². The zero-order valence-electron chi connectivity index (χ0n) is 8.22. The quantitative estimate of drug-likeness (QED) is 0.282. The van der Waals surface area contributed by atoms with Gasteiger partial charge in [0.05, 0.1) is 0 Å². The van der Waals surface area contributed by atoms with E-state index in [4.69, 9.17) is 0 Å². The van der Waals surface area contributed by atoms with Crippen LogP contribution in [0.15, 0.2) is 0 Å². The third kappa shape index (κ3) is 4.42. The molecule has 7 nitrogen and oxygen atoms in total. The van der Waals surface area contributed by atoms with E-state index in [0.29, 0.717) is 6.42 Å². The third-order valence-electron chi connectivity index (χ3n) is 1.77. The zero-order valence-corrected chi connectivity index (χ0v) is 9.04. The summed E-state index contributed by atoms with van der Waals surface area (Å²) in [7, 11) is 0. The van der Waals surface area contributed by atoms with E-state index in [-0.39, 0.29) is 6.42 Å². The molecule has 1 aliphatic heterocycles. The summed E-state index contributed by atoms with van der Waals surface area (Å²) >= 11 is -0.780. The summed E-state index contributed by atoms with van der Waals surface area (Å²) in [6, 6.07) is 0. The minimum atomic E-state index is -4.08. The van der Waals surface area contributed by atoms with Gasteiger partial charge in [0.15, 0.2) is 0 Å². The summed E-state index contributed by atoms with van der Waals surface area (Å²) in [6.45, 7) is -0.473. The Balaban J connectivity index is 2.30. The van der Waals surface area contributed by atoms with E-state index in [9.17, 15) is 23.6 Å². The number of alkyl halides is 2. The van der Waals surface area contributed by atoms with Gasteiger partial charge in [0.25, 0.3) is 0 Å². The van der Waals surface area contributed by atoms with E-state index in [0.717, 1.165) is 0 Å². The van der Waals surface area contributed by atoms with E-state index in [1.807, 2.05) is 0 Å². The highest BCUT2D eigenvalue weighted by atomic mass is 32.2. The molecule has 0 aromatic heterocycles. The van der Waals surface area contributed by atoms with Gasteiger partial charge in [-0.05, 0) is 6.42 Å². The Morgan fingerprint density at radius 3 is 2.88 bits per heavy atom. The summed E-state index contributed by atoms with van der Waals surface area (Å²) in [5, 5.41) is 7.92. The maximum atomic E-state index is 12.8. The van der Waals surface area contributed by atoms with Crippen molar-refractivity contribution in [2.24, 2.45) is 0 Å². The summed E-state index contributed by atoms with van der Waals surface area (Å²) in [4.78, 5) is 21.5. The molecule has 10 heteroatoms. The van der Waals surface area contributed by atoms with Crippen molar-refractivity contribution in [3.63, 3.8) is 0 Å². The van der Waals surface area contributed by atoms with Crippen LogP contribution in [0, 0.1) is 0 Å². The van der Waals surface area contributed by atoms with Gasteiger partial charge < -0.3 is 14.7 Å². The Morgan fingerprint density at radius 2 is 2.35 bits per heavy atom. The second kappa shape index (κ2) is 6.10. The maximum absolute atomic E-state index is 12.8. The summed E-state index contributed by atoms with van der Waals surface area (Å²) in [5.41, 5.74) is 0. The highest BCUT2D eigenvalue weighted by Crippen LogP contribution is 2.31. The van der Waals surface area contributed by atoms with Crippen LogP contribution in [-0.2, 0) is 28.4 Å². The van der Waals surface area contributed by atoms with E-state index in [1.54, 1.807) is 0 Å². The fourth-order valence-electron chi connectivity index (χ4n) is 1.04. The minimum Gasteiger partial charge on any atom is -0.691 e. The van der Waals surface area contributed by atoms with Crippen LogP contribution in [0.5, 0.6) is 0 Å². The molecule has 0 saturated carbocycles. The fraction of sp³-hybridized carbons (Fsp3) is 0.714. The fourth-order valence-corrected chi connectivity index (χ4v) is 1.28. The van der Waals surface area contributed by atoms with E-state index >= 15 is 0 Å². The molecular formula is C7H7F2O7S-. The van der Waals surface area contributed by atoms with Gasteiger partial charge in [-0.25, -0.2) is 4.79 Å². The number of halogens is 2. The minimum absolute atomic E-state index is 0.153. The van der Waals surface area contributed by atoms with Gasteiger partial charge in [-0.1, -0.05) is 0 Å². The van der Waals surface area contributed by atoms with E-state index < -0.39 is 41.9 Å². The van der Waals surface area contributed by atoms with Crippen LogP contribution in [0.25, 0.3) is 0 Å². The number of hydrogen-bond donors (Lipinski definition) is 0. The molecule has 1 saturated heterocycles. The lowest BCUT2D eigenvalue weighted by atomic mass is 10.2. The molecule has 1 unspecified atom stereocenters. The first-order valence-corrected chi connectivity index (χ1v) is 5.08. The van der Waals surface area contributed by atoms with Crippen molar-refractivity contribution in [2.75, 3.05) is 6.61 Å². The number of carbonyl (C=O) groups is 2. The predicted molar refractivity (Wildman–Crippen MR) is 44.8 cm³/mol. The van der Waals surface area contributed by atoms with Crippen molar-refractivity contribution in [1.29, 1.82) is 0 Å². The Morgan fingerprint density at radius 1 is 1.65 bits per heavy atom. The molecule has 1 heterocycles. The molecule has 0 bridgehead atoms. The van der Waals surface area contributed by atoms with Crippen LogP contribution in [-0.4, -0.2) is 29.9 Å². The predicted octanol–water partition coefficient (Wildman–Crippen LogP) is -0.300. The number of carbonyl (C=O) groups excluding carboxylic acids is 2. The molecule has 0 radical (unpaired) electrons. The van der Waals surface area contributed by atoms with Gasteiger partial charge in [0.2, 0.25) is 0 Å². The lowest BCUT2D eigenvalue weighted by Crippen LogP contribution is -2.30. The van der Waals surface area contributed by atoms with Gasteiger partial charge in [0, 0.05) is 6.42 Å². The smallest absolute Gasteiger partial charge is 0.415 e. The Hall–Kier alpha value is -0.970. The maximum Gasteiger partial charge on any atom is 0.415 e. The molecule has 1 fully saturated rings. The van der Waals surface area contributed by atoms with Crippen LogP contribution in [0.2, 0.25) is 0 Å². The molecule has 1 rings (SSSR count). The van der Waals surface area contributed by atoms with Crippen LogP contribution in [0.3, 0.4) is 0 Å². The molecule has 0 aliphatic carbocycles. The Labute approximate surface area is 98.0 Å². The molecule has 1 aliphatic rings. The van der Waals surface area contributed by atoms with Crippen molar-refractivity contribution in [1.82, 2.24) is 0 Å². The van der Waals surface area contributed by atoms with Gasteiger partial charge in [-0.15, -0.1) is 0 Å². The summed E-state index contributed by atoms with van der Waals surface area (Å²) in [5.74, 6) is -2.39. The van der Waals surface area contributed by atoms with Gasteiger partial charge in [0.1, 0.15) is 24.8 Å². The van der Waals surface area contributed by atoms with Crippen molar-refractivity contribution < 1.29 is 42.5 Å². The Bertz CT molecular complexity index is 298. The van der Waals surface area contributed by atoms with Crippen LogP contribution < -0.4 is 5.26 Å². The standard InChI is InChI=1S/C7H8F2O7S/c8-7(9,17-16-15-12)6(11)13-3-4-1-2-5(10)14-4/h4,12H,1-3H2/p-1. The number of hydrogen-bond acceptors (Lipinski definition) is 8. The molecular weight excluding hydrogens is 266 g/mol. The van der Waals surface area contributed by atoms with E-state index in [2.05, 4.69) is 18.8 Å². The first-order chi connectivity index (χ1) is 7.95. The summed E-state index contributed by atoms with van der Waals surface area (Å²) < 4.78 is 37.8. The normalized spacial score (nSPS) is 20.2. The van der Waals surface area contributed by atoms with Gasteiger partial charge in [-0.3, -0.25) is 9.83 Å². The molecule has 17 heavy (non-hydrogen) atoms. The molecule has 1 atom stereocenters. The lowest BCUT2D eigenvalue weighted by Gasteiger charge is -2.15. The molecule has 0 aromatic carbocycles. The molecule has 0 N–H and O–H groups in total. The van der Waals surface area contributed by atoms with Crippen molar-refractivity contribution in [2.45, 2.75) is 24.2 Å². The molecule has 0 spiro atoms. The number of ether oxygens (including phenoxy) is 2. The second-order valence-electron chi connectivity index (χ2n) is 2.99. The summed E-state index contributed by atoms with van der Waals surface area (Å²) in [6.07, 6.45) is -0.269. The average molecular weight is 273 g/mol. The van der Waals surface area contributed by atoms with Gasteiger partial charge >= 0.3 is 17.2 Å². The van der Waals surface area contributed by atoms with Crippen LogP contribution >= 0.6 is 12.0 Å². The zero-order chi connectivity index (χ0) is 12.9. The van der Waals surface area contributed by atoms with E-state index in [1.165, 1.54) is 0 Å². The topological polar surface area (TPSA) is 94.1 Å². The third-order valence-corrected chi connectivity index (χ3v) is 2.27. The van der Waals surface area contributed by atoms with Crippen LogP contribution in [0.4, 0.5) is 8.78 Å². The highest BCUT2D eigenvalue weighted by Gasteiger charge is 2.44. The van der Waals surface area contributed by atoms with Crippen LogP contribution in [0.1, 0.15) is 12.8 Å². The van der Waals surface area contributed by atoms with Crippen molar-refractivity contribution in [3.05, 3.63) is 0 Å². The Kier molecular flexibility index (Phi) is 5.05. The first-order valence-electron chi connectivity index (χ1n) is 4.34. The SMILES string of the molecule is O=C1CCC(COC(=O)C(F)(F)SOO[O-])O1. The average Bonchev–Trinajstić information content (AvgIpc) is 2.69. The van der Waals surface area contributed by atoms with Gasteiger partial charge in [-0.2, -0.15) is 13.1 Å². The molecule has 0 aromatic rings.